The topological polar surface area (TPSA) is 30.5 Å². The van der Waals surface area contributed by atoms with E-state index in [2.05, 4.69) is 5.32 Å². The van der Waals surface area contributed by atoms with Crippen LogP contribution in [0.15, 0.2) is 24.3 Å². The Kier molecular flexibility index (Phi) is 4.66. The van der Waals surface area contributed by atoms with E-state index in [0.717, 1.165) is 30.3 Å². The third kappa shape index (κ3) is 3.60. The van der Waals surface area contributed by atoms with E-state index in [1.807, 2.05) is 24.3 Å². The number of ether oxygens (including phenoxy) is 2. The van der Waals surface area contributed by atoms with Crippen molar-refractivity contribution in [2.45, 2.75) is 12.5 Å². The first-order valence-corrected chi connectivity index (χ1v) is 6.29. The highest BCUT2D eigenvalue weighted by molar-refractivity contribution is 6.30. The number of benzene rings is 1. The minimum absolute atomic E-state index is 0.108. The fourth-order valence-electron chi connectivity index (χ4n) is 2.11. The summed E-state index contributed by atoms with van der Waals surface area (Å²) in [6, 6.07) is 7.47. The lowest BCUT2D eigenvalue weighted by atomic mass is 10.0. The van der Waals surface area contributed by atoms with Crippen molar-refractivity contribution in [3.8, 4) is 5.75 Å². The van der Waals surface area contributed by atoms with Crippen molar-refractivity contribution in [1.29, 1.82) is 0 Å². The lowest BCUT2D eigenvalue weighted by molar-refractivity contribution is 0.0483. The third-order valence-corrected chi connectivity index (χ3v) is 3.31. The second-order valence-corrected chi connectivity index (χ2v) is 4.75. The maximum absolute atomic E-state index is 5.97. The minimum Gasteiger partial charge on any atom is -0.488 e. The Hall–Kier alpha value is -0.770. The Labute approximate surface area is 107 Å². The summed E-state index contributed by atoms with van der Waals surface area (Å²) < 4.78 is 11.2. The molecule has 17 heavy (non-hydrogen) atoms. The van der Waals surface area contributed by atoms with Crippen LogP contribution in [-0.2, 0) is 4.74 Å². The molecule has 1 aromatic rings. The van der Waals surface area contributed by atoms with Gasteiger partial charge in [0.25, 0.3) is 0 Å². The van der Waals surface area contributed by atoms with E-state index in [4.69, 9.17) is 21.1 Å². The number of nitrogens with one attached hydrogen (secondary N) is 1. The third-order valence-electron chi connectivity index (χ3n) is 3.06. The molecule has 2 rings (SSSR count). The number of halogens is 1. The molecule has 1 aliphatic heterocycles. The normalized spacial score (nSPS) is 21.4. The zero-order chi connectivity index (χ0) is 12.1. The first-order chi connectivity index (χ1) is 8.29. The van der Waals surface area contributed by atoms with Crippen LogP contribution in [0.2, 0.25) is 5.02 Å². The molecule has 3 nitrogen and oxygen atoms in total. The van der Waals surface area contributed by atoms with E-state index in [9.17, 15) is 0 Å². The summed E-state index contributed by atoms with van der Waals surface area (Å²) in [5, 5.41) is 4.07. The molecule has 1 saturated heterocycles. The van der Waals surface area contributed by atoms with Crippen LogP contribution in [0.5, 0.6) is 5.75 Å². The fourth-order valence-corrected chi connectivity index (χ4v) is 2.24. The fraction of sp³-hybridized carbons (Fsp3) is 0.538. The van der Waals surface area contributed by atoms with Crippen LogP contribution in [0.25, 0.3) is 0 Å². The number of methoxy groups -OCH3 is 1. The molecule has 0 spiro atoms. The highest BCUT2D eigenvalue weighted by Crippen LogP contribution is 2.22. The maximum atomic E-state index is 5.97. The lowest BCUT2D eigenvalue weighted by Crippen LogP contribution is -2.32. The van der Waals surface area contributed by atoms with Gasteiger partial charge in [-0.2, -0.15) is 0 Å². The summed E-state index contributed by atoms with van der Waals surface area (Å²) >= 11 is 5.85. The largest absolute Gasteiger partial charge is 0.488 e. The van der Waals surface area contributed by atoms with Crippen molar-refractivity contribution in [3.63, 3.8) is 0 Å². The molecule has 1 fully saturated rings. The molecule has 1 aromatic carbocycles. The zero-order valence-electron chi connectivity index (χ0n) is 9.99. The van der Waals surface area contributed by atoms with Gasteiger partial charge in [-0.05, 0) is 37.2 Å². The average molecular weight is 256 g/mol. The molecule has 2 unspecified atom stereocenters. The number of hydrogen-bond acceptors (Lipinski definition) is 3. The van der Waals surface area contributed by atoms with Gasteiger partial charge in [0, 0.05) is 24.6 Å². The summed E-state index contributed by atoms with van der Waals surface area (Å²) in [7, 11) is 1.71. The van der Waals surface area contributed by atoms with E-state index >= 15 is 0 Å². The molecule has 1 aliphatic rings. The Morgan fingerprint density at radius 3 is 2.76 bits per heavy atom. The van der Waals surface area contributed by atoms with Crippen LogP contribution < -0.4 is 10.1 Å². The van der Waals surface area contributed by atoms with Gasteiger partial charge in [0.2, 0.25) is 0 Å². The SMILES string of the molecule is COCC(Oc1ccc(Cl)cc1)C1CCNC1. The van der Waals surface area contributed by atoms with E-state index in [0.29, 0.717) is 12.5 Å². The van der Waals surface area contributed by atoms with Gasteiger partial charge in [0.05, 0.1) is 6.61 Å². The Morgan fingerprint density at radius 2 is 2.18 bits per heavy atom. The molecule has 0 saturated carbocycles. The van der Waals surface area contributed by atoms with Crippen molar-refractivity contribution < 1.29 is 9.47 Å². The quantitative estimate of drug-likeness (QED) is 0.876. The van der Waals surface area contributed by atoms with Gasteiger partial charge in [0.15, 0.2) is 0 Å². The van der Waals surface area contributed by atoms with E-state index in [-0.39, 0.29) is 6.10 Å². The van der Waals surface area contributed by atoms with Crippen molar-refractivity contribution in [2.24, 2.45) is 5.92 Å². The van der Waals surface area contributed by atoms with Crippen LogP contribution in [0, 0.1) is 5.92 Å². The standard InChI is InChI=1S/C13H18ClNO2/c1-16-9-13(10-6-7-15-8-10)17-12-4-2-11(14)3-5-12/h2-5,10,13,15H,6-9H2,1H3. The highest BCUT2D eigenvalue weighted by Gasteiger charge is 2.26. The van der Waals surface area contributed by atoms with Crippen molar-refractivity contribution in [2.75, 3.05) is 26.8 Å². The van der Waals surface area contributed by atoms with Gasteiger partial charge in [-0.3, -0.25) is 0 Å². The van der Waals surface area contributed by atoms with Crippen LogP contribution >= 0.6 is 11.6 Å². The van der Waals surface area contributed by atoms with Gasteiger partial charge >= 0.3 is 0 Å². The second kappa shape index (κ2) is 6.24. The lowest BCUT2D eigenvalue weighted by Gasteiger charge is -2.23. The molecule has 2 atom stereocenters. The van der Waals surface area contributed by atoms with Gasteiger partial charge in [-0.25, -0.2) is 0 Å². The van der Waals surface area contributed by atoms with Crippen LogP contribution in [-0.4, -0.2) is 32.9 Å². The smallest absolute Gasteiger partial charge is 0.126 e. The van der Waals surface area contributed by atoms with Crippen LogP contribution in [0.1, 0.15) is 6.42 Å². The molecule has 94 valence electrons. The summed E-state index contributed by atoms with van der Waals surface area (Å²) in [5.74, 6) is 1.37. The zero-order valence-corrected chi connectivity index (χ0v) is 10.7. The first-order valence-electron chi connectivity index (χ1n) is 5.91. The van der Waals surface area contributed by atoms with Crippen molar-refractivity contribution >= 4 is 11.6 Å². The molecule has 1 heterocycles. The molecule has 0 aromatic heterocycles. The molecular weight excluding hydrogens is 238 g/mol. The summed E-state index contributed by atoms with van der Waals surface area (Å²) in [6.45, 7) is 2.69. The summed E-state index contributed by atoms with van der Waals surface area (Å²) in [5.41, 5.74) is 0. The van der Waals surface area contributed by atoms with Crippen molar-refractivity contribution in [3.05, 3.63) is 29.3 Å². The van der Waals surface area contributed by atoms with E-state index < -0.39 is 0 Å². The van der Waals surface area contributed by atoms with E-state index in [1.54, 1.807) is 7.11 Å². The second-order valence-electron chi connectivity index (χ2n) is 4.32. The monoisotopic (exact) mass is 255 g/mol. The first kappa shape index (κ1) is 12.7. The summed E-state index contributed by atoms with van der Waals surface area (Å²) in [4.78, 5) is 0. The predicted octanol–water partition coefficient (Wildman–Crippen LogP) is 2.34. The highest BCUT2D eigenvalue weighted by atomic mass is 35.5. The number of hydrogen-bond donors (Lipinski definition) is 1. The number of rotatable bonds is 5. The van der Waals surface area contributed by atoms with Crippen LogP contribution in [0.3, 0.4) is 0 Å². The van der Waals surface area contributed by atoms with Gasteiger partial charge in [0.1, 0.15) is 11.9 Å². The molecule has 0 amide bonds. The molecule has 0 aliphatic carbocycles. The molecule has 4 heteroatoms. The Morgan fingerprint density at radius 1 is 1.41 bits per heavy atom. The Bertz CT molecular complexity index is 336. The van der Waals surface area contributed by atoms with Crippen LogP contribution in [0.4, 0.5) is 0 Å². The Balaban J connectivity index is 1.98. The molecule has 1 N–H and O–H groups in total. The summed E-state index contributed by atoms with van der Waals surface area (Å²) in [6.07, 6.45) is 1.25. The van der Waals surface area contributed by atoms with Gasteiger partial charge < -0.3 is 14.8 Å². The van der Waals surface area contributed by atoms with Gasteiger partial charge in [-0.15, -0.1) is 0 Å². The molecular formula is C13H18ClNO2. The van der Waals surface area contributed by atoms with Crippen molar-refractivity contribution in [1.82, 2.24) is 5.32 Å². The van der Waals surface area contributed by atoms with Gasteiger partial charge in [-0.1, -0.05) is 11.6 Å². The molecule has 0 radical (unpaired) electrons. The average Bonchev–Trinajstić information content (AvgIpc) is 2.85. The maximum Gasteiger partial charge on any atom is 0.126 e. The minimum atomic E-state index is 0.108. The van der Waals surface area contributed by atoms with E-state index in [1.165, 1.54) is 0 Å². The predicted molar refractivity (Wildman–Crippen MR) is 68.7 cm³/mol. The molecule has 0 bridgehead atoms.